The number of rotatable bonds is 2. The van der Waals surface area contributed by atoms with Gasteiger partial charge < -0.3 is 15.4 Å². The lowest BCUT2D eigenvalue weighted by Crippen LogP contribution is -2.19. The van der Waals surface area contributed by atoms with Gasteiger partial charge in [0.2, 0.25) is 0 Å². The van der Waals surface area contributed by atoms with Crippen LogP contribution in [0.1, 0.15) is 44.5 Å². The van der Waals surface area contributed by atoms with Gasteiger partial charge in [0.1, 0.15) is 12.4 Å². The largest absolute Gasteiger partial charge is 0.399 e. The van der Waals surface area contributed by atoms with Gasteiger partial charge in [0.25, 0.3) is 0 Å². The summed E-state index contributed by atoms with van der Waals surface area (Å²) in [6.07, 6.45) is 4.91. The first-order valence-electron chi connectivity index (χ1n) is 7.06. The molecule has 1 saturated carbocycles. The smallest absolute Gasteiger partial charge is 0.135 e. The van der Waals surface area contributed by atoms with Gasteiger partial charge in [-0.3, -0.25) is 0 Å². The fourth-order valence-electron chi connectivity index (χ4n) is 3.32. The molecule has 0 amide bonds. The van der Waals surface area contributed by atoms with E-state index >= 15 is 0 Å². The average Bonchev–Trinajstić information content (AvgIpc) is 2.76. The van der Waals surface area contributed by atoms with E-state index in [-0.39, 0.29) is 6.61 Å². The quantitative estimate of drug-likeness (QED) is 0.815. The van der Waals surface area contributed by atoms with Crippen molar-refractivity contribution in [1.29, 1.82) is 0 Å². The van der Waals surface area contributed by atoms with Crippen molar-refractivity contribution in [2.24, 2.45) is 5.92 Å². The lowest BCUT2D eigenvalue weighted by Gasteiger charge is -2.29. The van der Waals surface area contributed by atoms with Gasteiger partial charge >= 0.3 is 0 Å². The second-order valence-corrected chi connectivity index (χ2v) is 5.73. The number of hydrogen-bond donors (Lipinski definition) is 2. The molecule has 102 valence electrons. The van der Waals surface area contributed by atoms with Crippen molar-refractivity contribution in [3.8, 4) is 0 Å². The van der Waals surface area contributed by atoms with E-state index in [4.69, 9.17) is 5.73 Å². The molecular formula is C15H21N3O. The first-order chi connectivity index (χ1) is 9.19. The molecule has 3 N–H and O–H groups in total. The minimum Gasteiger partial charge on any atom is -0.399 e. The Morgan fingerprint density at radius 3 is 3.00 bits per heavy atom. The van der Waals surface area contributed by atoms with E-state index < -0.39 is 0 Å². The van der Waals surface area contributed by atoms with Crippen molar-refractivity contribution in [2.45, 2.75) is 45.3 Å². The normalized spacial score (nSPS) is 23.9. The van der Waals surface area contributed by atoms with Gasteiger partial charge in [-0.25, -0.2) is 4.98 Å². The van der Waals surface area contributed by atoms with Crippen LogP contribution in [0.5, 0.6) is 0 Å². The number of fused-ring (bicyclic) bond motifs is 1. The van der Waals surface area contributed by atoms with E-state index in [9.17, 15) is 5.11 Å². The minimum atomic E-state index is -0.0144. The highest BCUT2D eigenvalue weighted by atomic mass is 16.3. The molecule has 0 radical (unpaired) electrons. The molecule has 0 aliphatic heterocycles. The number of nitrogens with zero attached hydrogens (tertiary/aromatic N) is 2. The van der Waals surface area contributed by atoms with Gasteiger partial charge in [-0.05, 0) is 37.0 Å². The van der Waals surface area contributed by atoms with Crippen LogP contribution in [-0.4, -0.2) is 14.7 Å². The van der Waals surface area contributed by atoms with Crippen LogP contribution in [0, 0.1) is 5.92 Å². The Labute approximate surface area is 113 Å². The number of aromatic nitrogens is 2. The van der Waals surface area contributed by atoms with Crippen LogP contribution in [-0.2, 0) is 6.61 Å². The summed E-state index contributed by atoms with van der Waals surface area (Å²) < 4.78 is 2.23. The molecule has 2 aromatic rings. The Morgan fingerprint density at radius 1 is 1.42 bits per heavy atom. The highest BCUT2D eigenvalue weighted by molar-refractivity contribution is 5.79. The van der Waals surface area contributed by atoms with Crippen LogP contribution in [0.25, 0.3) is 11.0 Å². The minimum absolute atomic E-state index is 0.0144. The molecule has 1 aliphatic carbocycles. The fourth-order valence-corrected chi connectivity index (χ4v) is 3.32. The van der Waals surface area contributed by atoms with Crippen LogP contribution < -0.4 is 5.73 Å². The van der Waals surface area contributed by atoms with Crippen molar-refractivity contribution in [2.75, 3.05) is 5.73 Å². The van der Waals surface area contributed by atoms with Gasteiger partial charge in [-0.2, -0.15) is 0 Å². The summed E-state index contributed by atoms with van der Waals surface area (Å²) in [5.41, 5.74) is 8.52. The summed E-state index contributed by atoms with van der Waals surface area (Å²) in [7, 11) is 0. The lowest BCUT2D eigenvalue weighted by molar-refractivity contribution is 0.239. The number of aliphatic hydroxyl groups is 1. The number of anilines is 1. The molecule has 1 heterocycles. The number of nitrogens with two attached hydrogens (primary N) is 1. The van der Waals surface area contributed by atoms with Crippen LogP contribution in [0.2, 0.25) is 0 Å². The molecule has 1 fully saturated rings. The van der Waals surface area contributed by atoms with Crippen molar-refractivity contribution in [1.82, 2.24) is 9.55 Å². The van der Waals surface area contributed by atoms with Gasteiger partial charge in [0.15, 0.2) is 0 Å². The average molecular weight is 259 g/mol. The Morgan fingerprint density at radius 2 is 2.26 bits per heavy atom. The van der Waals surface area contributed by atoms with E-state index in [1.807, 2.05) is 18.2 Å². The summed E-state index contributed by atoms with van der Waals surface area (Å²) in [6, 6.07) is 6.28. The van der Waals surface area contributed by atoms with Gasteiger partial charge in [0, 0.05) is 11.7 Å². The standard InChI is InChI=1S/C15H21N3O/c1-10-3-2-4-12(7-10)18-14-6-5-11(16)8-13(14)17-15(18)9-19/h5-6,8,10,12,19H,2-4,7,9,16H2,1H3. The SMILES string of the molecule is CC1CCCC(n2c(CO)nc3cc(N)ccc32)C1. The zero-order chi connectivity index (χ0) is 13.4. The van der Waals surface area contributed by atoms with E-state index in [0.717, 1.165) is 28.5 Å². The molecule has 19 heavy (non-hydrogen) atoms. The van der Waals surface area contributed by atoms with E-state index in [1.165, 1.54) is 25.7 Å². The predicted molar refractivity (Wildman–Crippen MR) is 76.7 cm³/mol. The molecule has 0 bridgehead atoms. The van der Waals surface area contributed by atoms with Gasteiger partial charge in [-0.15, -0.1) is 0 Å². The van der Waals surface area contributed by atoms with Crippen molar-refractivity contribution in [3.63, 3.8) is 0 Å². The monoisotopic (exact) mass is 259 g/mol. The van der Waals surface area contributed by atoms with Crippen LogP contribution in [0.15, 0.2) is 18.2 Å². The molecule has 4 heteroatoms. The summed E-state index contributed by atoms with van der Waals surface area (Å²) >= 11 is 0. The highest BCUT2D eigenvalue weighted by Gasteiger charge is 2.24. The molecule has 1 aromatic heterocycles. The van der Waals surface area contributed by atoms with E-state index in [1.54, 1.807) is 0 Å². The number of aliphatic hydroxyl groups excluding tert-OH is 1. The number of nitrogen functional groups attached to an aromatic ring is 1. The van der Waals surface area contributed by atoms with Crippen molar-refractivity contribution in [3.05, 3.63) is 24.0 Å². The first-order valence-corrected chi connectivity index (χ1v) is 7.06. The highest BCUT2D eigenvalue weighted by Crippen LogP contribution is 2.35. The molecule has 1 aromatic carbocycles. The molecule has 3 rings (SSSR count). The Hall–Kier alpha value is -1.55. The van der Waals surface area contributed by atoms with Crippen LogP contribution in [0.3, 0.4) is 0 Å². The third-order valence-corrected chi connectivity index (χ3v) is 4.20. The molecule has 1 aliphatic rings. The number of imidazole rings is 1. The molecule has 0 saturated heterocycles. The summed E-state index contributed by atoms with van der Waals surface area (Å²) in [5, 5.41) is 9.57. The topological polar surface area (TPSA) is 64.1 Å². The molecule has 4 nitrogen and oxygen atoms in total. The van der Waals surface area contributed by atoms with E-state index in [0.29, 0.717) is 6.04 Å². The first kappa shape index (κ1) is 12.5. The maximum atomic E-state index is 9.57. The van der Waals surface area contributed by atoms with Crippen LogP contribution in [0.4, 0.5) is 5.69 Å². The molecular weight excluding hydrogens is 238 g/mol. The summed E-state index contributed by atoms with van der Waals surface area (Å²) in [6.45, 7) is 2.29. The maximum absolute atomic E-state index is 9.57. The van der Waals surface area contributed by atoms with E-state index in [2.05, 4.69) is 16.5 Å². The maximum Gasteiger partial charge on any atom is 0.135 e. The third kappa shape index (κ3) is 2.21. The Kier molecular flexibility index (Phi) is 3.19. The van der Waals surface area contributed by atoms with Crippen molar-refractivity contribution >= 4 is 16.7 Å². The predicted octanol–water partition coefficient (Wildman–Crippen LogP) is 2.86. The summed E-state index contributed by atoms with van der Waals surface area (Å²) in [4.78, 5) is 4.53. The second-order valence-electron chi connectivity index (χ2n) is 5.73. The zero-order valence-corrected chi connectivity index (χ0v) is 11.3. The zero-order valence-electron chi connectivity index (χ0n) is 11.3. The number of benzene rings is 1. The summed E-state index contributed by atoms with van der Waals surface area (Å²) in [5.74, 6) is 1.51. The Bertz CT molecular complexity index is 590. The second kappa shape index (κ2) is 4.85. The molecule has 2 atom stereocenters. The molecule has 0 spiro atoms. The van der Waals surface area contributed by atoms with Crippen molar-refractivity contribution < 1.29 is 5.11 Å². The van der Waals surface area contributed by atoms with Gasteiger partial charge in [-0.1, -0.05) is 19.8 Å². The Balaban J connectivity index is 2.10. The fraction of sp³-hybridized carbons (Fsp3) is 0.533. The lowest BCUT2D eigenvalue weighted by atomic mass is 9.87. The van der Waals surface area contributed by atoms with Crippen LogP contribution >= 0.6 is 0 Å². The number of hydrogen-bond acceptors (Lipinski definition) is 3. The third-order valence-electron chi connectivity index (χ3n) is 4.20. The molecule has 2 unspecified atom stereocenters. The van der Waals surface area contributed by atoms with Gasteiger partial charge in [0.05, 0.1) is 11.0 Å².